The Morgan fingerprint density at radius 1 is 1.06 bits per heavy atom. The van der Waals surface area contributed by atoms with Crippen molar-refractivity contribution in [3.8, 4) is 0 Å². The zero-order valence-electron chi connectivity index (χ0n) is 10.4. The highest BCUT2D eigenvalue weighted by molar-refractivity contribution is 5.76. The lowest BCUT2D eigenvalue weighted by atomic mass is 10.1. The molecule has 1 aromatic rings. The quantitative estimate of drug-likeness (QED) is 0.799. The molecule has 1 unspecified atom stereocenters. The van der Waals surface area contributed by atoms with Crippen molar-refractivity contribution in [2.24, 2.45) is 0 Å². The zero-order valence-corrected chi connectivity index (χ0v) is 10.4. The smallest absolute Gasteiger partial charge is 0.320 e. The third-order valence-corrected chi connectivity index (χ3v) is 2.92. The minimum atomic E-state index is -1.03. The molecule has 0 bridgehead atoms. The van der Waals surface area contributed by atoms with Crippen LogP contribution < -0.4 is 0 Å². The third kappa shape index (κ3) is 3.56. The van der Waals surface area contributed by atoms with Crippen LogP contribution >= 0.6 is 0 Å². The summed E-state index contributed by atoms with van der Waals surface area (Å²) in [4.78, 5) is 23.5. The van der Waals surface area contributed by atoms with E-state index in [1.54, 1.807) is 0 Å². The second-order valence-corrected chi connectivity index (χ2v) is 4.19. The second kappa shape index (κ2) is 6.16. The van der Waals surface area contributed by atoms with Crippen molar-refractivity contribution in [3.63, 3.8) is 0 Å². The van der Waals surface area contributed by atoms with E-state index in [2.05, 4.69) is 0 Å². The maximum Gasteiger partial charge on any atom is 0.320 e. The van der Waals surface area contributed by atoms with Crippen LogP contribution in [0.25, 0.3) is 0 Å². The molecule has 0 radical (unpaired) electrons. The molecule has 0 saturated heterocycles. The largest absolute Gasteiger partial charge is 0.480 e. The van der Waals surface area contributed by atoms with Crippen LogP contribution in [-0.2, 0) is 16.1 Å². The van der Waals surface area contributed by atoms with Gasteiger partial charge in [0.05, 0.1) is 0 Å². The van der Waals surface area contributed by atoms with E-state index in [1.807, 2.05) is 30.3 Å². The van der Waals surface area contributed by atoms with Crippen molar-refractivity contribution in [1.82, 2.24) is 4.90 Å². The first kappa shape index (κ1) is 14.2. The van der Waals surface area contributed by atoms with Gasteiger partial charge in [-0.25, -0.2) is 0 Å². The lowest BCUT2D eigenvalue weighted by Crippen LogP contribution is -2.47. The fourth-order valence-electron chi connectivity index (χ4n) is 1.69. The van der Waals surface area contributed by atoms with Crippen LogP contribution in [-0.4, -0.2) is 39.1 Å². The van der Waals surface area contributed by atoms with E-state index in [0.717, 1.165) is 5.56 Å². The van der Waals surface area contributed by atoms with Gasteiger partial charge in [-0.15, -0.1) is 0 Å². The zero-order chi connectivity index (χ0) is 13.7. The molecule has 2 N–H and O–H groups in total. The highest BCUT2D eigenvalue weighted by Gasteiger charge is 2.29. The Morgan fingerprint density at radius 3 is 1.89 bits per heavy atom. The van der Waals surface area contributed by atoms with Crippen LogP contribution in [0.4, 0.5) is 0 Å². The maximum atomic E-state index is 11.0. The van der Waals surface area contributed by atoms with Crippen LogP contribution in [0, 0.1) is 0 Å². The molecule has 1 aromatic carbocycles. The van der Waals surface area contributed by atoms with Gasteiger partial charge in [-0.1, -0.05) is 30.3 Å². The first-order valence-corrected chi connectivity index (χ1v) is 5.68. The number of aliphatic carboxylic acids is 2. The van der Waals surface area contributed by atoms with E-state index in [4.69, 9.17) is 10.2 Å². The molecule has 0 saturated carbocycles. The number of carboxylic acids is 2. The minimum absolute atomic E-state index is 0.293. The Labute approximate surface area is 106 Å². The standard InChI is InChI=1S/C13H17NO4/c1-9(12(15)16)14(10(2)13(17)18)8-11-6-4-3-5-7-11/h3-7,9-10H,8H2,1-2H3,(H,15,16)(H,17,18)/t9-,10?/m1/s1. The summed E-state index contributed by atoms with van der Waals surface area (Å²) in [6.07, 6.45) is 0. The number of carboxylic acid groups (broad SMARTS) is 2. The summed E-state index contributed by atoms with van der Waals surface area (Å²) in [6.45, 7) is 3.28. The van der Waals surface area contributed by atoms with Crippen molar-refractivity contribution in [1.29, 1.82) is 0 Å². The van der Waals surface area contributed by atoms with Crippen molar-refractivity contribution < 1.29 is 19.8 Å². The summed E-state index contributed by atoms with van der Waals surface area (Å²) in [7, 11) is 0. The maximum absolute atomic E-state index is 11.0. The predicted molar refractivity (Wildman–Crippen MR) is 66.2 cm³/mol. The van der Waals surface area contributed by atoms with E-state index >= 15 is 0 Å². The molecule has 0 amide bonds. The van der Waals surface area contributed by atoms with Gasteiger partial charge in [-0.05, 0) is 19.4 Å². The molecule has 0 aliphatic carbocycles. The molecule has 0 spiro atoms. The highest BCUT2D eigenvalue weighted by atomic mass is 16.4. The lowest BCUT2D eigenvalue weighted by Gasteiger charge is -2.29. The Bertz CT molecular complexity index is 398. The first-order chi connectivity index (χ1) is 8.43. The van der Waals surface area contributed by atoms with Gasteiger partial charge in [-0.3, -0.25) is 14.5 Å². The van der Waals surface area contributed by atoms with E-state index in [-0.39, 0.29) is 0 Å². The van der Waals surface area contributed by atoms with Gasteiger partial charge >= 0.3 is 11.9 Å². The molecule has 0 aromatic heterocycles. The van der Waals surface area contributed by atoms with Gasteiger partial charge in [0.15, 0.2) is 0 Å². The topological polar surface area (TPSA) is 77.8 Å². The van der Waals surface area contributed by atoms with Gasteiger partial charge in [0.2, 0.25) is 0 Å². The molecule has 18 heavy (non-hydrogen) atoms. The number of carbonyl (C=O) groups is 2. The van der Waals surface area contributed by atoms with Crippen LogP contribution in [0.3, 0.4) is 0 Å². The van der Waals surface area contributed by atoms with Crippen molar-refractivity contribution in [2.45, 2.75) is 32.5 Å². The number of hydrogen-bond donors (Lipinski definition) is 2. The van der Waals surface area contributed by atoms with Gasteiger partial charge < -0.3 is 10.2 Å². The molecular weight excluding hydrogens is 234 g/mol. The monoisotopic (exact) mass is 251 g/mol. The number of hydrogen-bond acceptors (Lipinski definition) is 3. The molecule has 0 aliphatic heterocycles. The summed E-state index contributed by atoms with van der Waals surface area (Å²) in [5.74, 6) is -2.06. The van der Waals surface area contributed by atoms with Crippen LogP contribution in [0.5, 0.6) is 0 Å². The Kier molecular flexibility index (Phi) is 4.85. The normalized spacial score (nSPS) is 14.2. The van der Waals surface area contributed by atoms with Gasteiger partial charge in [0.25, 0.3) is 0 Å². The van der Waals surface area contributed by atoms with E-state index in [9.17, 15) is 9.59 Å². The molecule has 0 fully saturated rings. The molecule has 98 valence electrons. The van der Waals surface area contributed by atoms with E-state index in [0.29, 0.717) is 6.54 Å². The molecule has 2 atom stereocenters. The summed E-state index contributed by atoms with van der Waals surface area (Å²) in [6, 6.07) is 7.52. The average molecular weight is 251 g/mol. The molecule has 5 heteroatoms. The van der Waals surface area contributed by atoms with Crippen molar-refractivity contribution in [3.05, 3.63) is 35.9 Å². The molecular formula is C13H17NO4. The third-order valence-electron chi connectivity index (χ3n) is 2.92. The van der Waals surface area contributed by atoms with Crippen LogP contribution in [0.2, 0.25) is 0 Å². The predicted octanol–water partition coefficient (Wildman–Crippen LogP) is 1.43. The van der Waals surface area contributed by atoms with Crippen LogP contribution in [0.15, 0.2) is 30.3 Å². The molecule has 0 heterocycles. The van der Waals surface area contributed by atoms with Crippen molar-refractivity contribution >= 4 is 11.9 Å². The fraction of sp³-hybridized carbons (Fsp3) is 0.385. The Hall–Kier alpha value is -1.88. The van der Waals surface area contributed by atoms with Crippen molar-refractivity contribution in [2.75, 3.05) is 0 Å². The van der Waals surface area contributed by atoms with Gasteiger partial charge in [0, 0.05) is 6.54 Å². The van der Waals surface area contributed by atoms with Crippen LogP contribution in [0.1, 0.15) is 19.4 Å². The summed E-state index contributed by atoms with van der Waals surface area (Å²) >= 11 is 0. The summed E-state index contributed by atoms with van der Waals surface area (Å²) in [5.41, 5.74) is 0.888. The average Bonchev–Trinajstić information content (AvgIpc) is 2.35. The van der Waals surface area contributed by atoms with Gasteiger partial charge in [0.1, 0.15) is 12.1 Å². The van der Waals surface area contributed by atoms with E-state index in [1.165, 1.54) is 18.7 Å². The summed E-state index contributed by atoms with van der Waals surface area (Å²) < 4.78 is 0. The number of benzene rings is 1. The first-order valence-electron chi connectivity index (χ1n) is 5.68. The molecule has 1 rings (SSSR count). The van der Waals surface area contributed by atoms with E-state index < -0.39 is 24.0 Å². The molecule has 0 aliphatic rings. The fourth-order valence-corrected chi connectivity index (χ4v) is 1.69. The minimum Gasteiger partial charge on any atom is -0.480 e. The second-order valence-electron chi connectivity index (χ2n) is 4.19. The summed E-state index contributed by atoms with van der Waals surface area (Å²) in [5, 5.41) is 18.1. The Morgan fingerprint density at radius 2 is 1.50 bits per heavy atom. The lowest BCUT2D eigenvalue weighted by molar-refractivity contribution is -0.149. The number of rotatable bonds is 6. The Balaban J connectivity index is 2.91. The number of nitrogens with zero attached hydrogens (tertiary/aromatic N) is 1. The molecule has 5 nitrogen and oxygen atoms in total. The SMILES string of the molecule is CC(C(=O)O)N(Cc1ccccc1)[C@H](C)C(=O)O. The highest BCUT2D eigenvalue weighted by Crippen LogP contribution is 2.13. The van der Waals surface area contributed by atoms with Gasteiger partial charge in [-0.2, -0.15) is 0 Å².